The van der Waals surface area contributed by atoms with Gasteiger partial charge in [0, 0.05) is 6.54 Å². The van der Waals surface area contributed by atoms with Crippen molar-refractivity contribution in [2.24, 2.45) is 11.8 Å². The first-order valence-electron chi connectivity index (χ1n) is 4.81. The maximum absolute atomic E-state index is 5.71. The molecule has 0 aliphatic carbocycles. The summed E-state index contributed by atoms with van der Waals surface area (Å²) in [6, 6.07) is 0. The van der Waals surface area contributed by atoms with Crippen LogP contribution in [0.25, 0.3) is 0 Å². The van der Waals surface area contributed by atoms with Crippen molar-refractivity contribution in [2.75, 3.05) is 11.9 Å². The van der Waals surface area contributed by atoms with Gasteiger partial charge in [0.05, 0.1) is 12.4 Å². The summed E-state index contributed by atoms with van der Waals surface area (Å²) in [5.74, 6) is 2.01. The van der Waals surface area contributed by atoms with Gasteiger partial charge in [0.2, 0.25) is 0 Å². The quantitative estimate of drug-likeness (QED) is 0.836. The van der Waals surface area contributed by atoms with E-state index in [0.717, 1.165) is 12.4 Å². The van der Waals surface area contributed by atoms with Crippen LogP contribution in [0, 0.1) is 11.8 Å². The van der Waals surface area contributed by atoms with Crippen LogP contribution in [0.5, 0.6) is 0 Å². The molecular weight excluding hydrogens is 198 g/mol. The third-order valence-electron chi connectivity index (χ3n) is 2.35. The van der Waals surface area contributed by atoms with Crippen molar-refractivity contribution in [1.82, 2.24) is 9.97 Å². The molecule has 1 atom stereocenters. The zero-order valence-electron chi connectivity index (χ0n) is 8.79. The van der Waals surface area contributed by atoms with Crippen LogP contribution in [-0.2, 0) is 0 Å². The lowest BCUT2D eigenvalue weighted by atomic mass is 9.98. The zero-order chi connectivity index (χ0) is 10.6. The largest absolute Gasteiger partial charge is 0.368 e. The molecule has 1 aromatic heterocycles. The summed E-state index contributed by atoms with van der Waals surface area (Å²) in [6.07, 6.45) is 3.21. The van der Waals surface area contributed by atoms with Gasteiger partial charge in [-0.25, -0.2) is 4.98 Å². The Labute approximate surface area is 89.9 Å². The van der Waals surface area contributed by atoms with Crippen LogP contribution in [0.3, 0.4) is 0 Å². The molecule has 0 saturated carbocycles. The third-order valence-corrected chi connectivity index (χ3v) is 2.53. The Morgan fingerprint density at radius 2 is 2.07 bits per heavy atom. The molecule has 0 radical (unpaired) electrons. The Morgan fingerprint density at radius 1 is 1.36 bits per heavy atom. The van der Waals surface area contributed by atoms with Crippen molar-refractivity contribution >= 4 is 17.4 Å². The Hall–Kier alpha value is -0.830. The minimum absolute atomic E-state index is 0.423. The van der Waals surface area contributed by atoms with E-state index in [2.05, 4.69) is 36.1 Å². The van der Waals surface area contributed by atoms with Crippen molar-refractivity contribution in [1.29, 1.82) is 0 Å². The molecule has 1 unspecified atom stereocenters. The van der Waals surface area contributed by atoms with E-state index in [9.17, 15) is 0 Å². The fourth-order valence-electron chi connectivity index (χ4n) is 0.929. The van der Waals surface area contributed by atoms with Gasteiger partial charge in [0.25, 0.3) is 0 Å². The van der Waals surface area contributed by atoms with Crippen molar-refractivity contribution in [3.63, 3.8) is 0 Å². The molecule has 4 heteroatoms. The molecule has 0 fully saturated rings. The highest BCUT2D eigenvalue weighted by Gasteiger charge is 2.06. The summed E-state index contributed by atoms with van der Waals surface area (Å²) >= 11 is 5.71. The van der Waals surface area contributed by atoms with Gasteiger partial charge >= 0.3 is 0 Å². The molecule has 0 bridgehead atoms. The summed E-state index contributed by atoms with van der Waals surface area (Å²) in [5.41, 5.74) is 0. The average Bonchev–Trinajstić information content (AvgIpc) is 2.14. The standard InChI is InChI=1S/C10H16ClN3/c1-7(2)8(3)4-13-10-6-12-5-9(11)14-10/h5-8H,4H2,1-3H3,(H,13,14). The summed E-state index contributed by atoms with van der Waals surface area (Å²) in [4.78, 5) is 8.05. The summed E-state index contributed by atoms with van der Waals surface area (Å²) < 4.78 is 0. The van der Waals surface area contributed by atoms with E-state index >= 15 is 0 Å². The molecule has 1 N–H and O–H groups in total. The maximum Gasteiger partial charge on any atom is 0.149 e. The lowest BCUT2D eigenvalue weighted by Gasteiger charge is -2.16. The monoisotopic (exact) mass is 213 g/mol. The summed E-state index contributed by atoms with van der Waals surface area (Å²) in [5, 5.41) is 3.63. The second kappa shape index (κ2) is 5.15. The fraction of sp³-hybridized carbons (Fsp3) is 0.600. The van der Waals surface area contributed by atoms with E-state index in [1.165, 1.54) is 6.20 Å². The van der Waals surface area contributed by atoms with Gasteiger partial charge in [0.1, 0.15) is 11.0 Å². The van der Waals surface area contributed by atoms with E-state index in [-0.39, 0.29) is 0 Å². The number of nitrogens with zero attached hydrogens (tertiary/aromatic N) is 2. The lowest BCUT2D eigenvalue weighted by Crippen LogP contribution is -2.16. The van der Waals surface area contributed by atoms with Crippen LogP contribution in [0.15, 0.2) is 12.4 Å². The van der Waals surface area contributed by atoms with Crippen LogP contribution >= 0.6 is 11.6 Å². The Balaban J connectivity index is 2.45. The topological polar surface area (TPSA) is 37.8 Å². The Kier molecular flexibility index (Phi) is 4.14. The molecule has 0 spiro atoms. The smallest absolute Gasteiger partial charge is 0.149 e. The first kappa shape index (κ1) is 11.2. The van der Waals surface area contributed by atoms with Gasteiger partial charge < -0.3 is 5.32 Å². The van der Waals surface area contributed by atoms with Crippen molar-refractivity contribution in [3.8, 4) is 0 Å². The molecule has 1 heterocycles. The first-order valence-corrected chi connectivity index (χ1v) is 5.19. The van der Waals surface area contributed by atoms with Crippen LogP contribution < -0.4 is 5.32 Å². The number of nitrogens with one attached hydrogen (secondary N) is 1. The number of hydrogen-bond donors (Lipinski definition) is 1. The minimum Gasteiger partial charge on any atom is -0.368 e. The van der Waals surface area contributed by atoms with Gasteiger partial charge in [-0.2, -0.15) is 0 Å². The third kappa shape index (κ3) is 3.50. The van der Waals surface area contributed by atoms with E-state index in [1.807, 2.05) is 0 Å². The zero-order valence-corrected chi connectivity index (χ0v) is 9.54. The second-order valence-corrected chi connectivity index (χ2v) is 4.22. The molecule has 14 heavy (non-hydrogen) atoms. The molecule has 0 aromatic carbocycles. The SMILES string of the molecule is CC(C)C(C)CNc1cncc(Cl)n1. The van der Waals surface area contributed by atoms with Gasteiger partial charge in [-0.05, 0) is 11.8 Å². The number of rotatable bonds is 4. The number of halogens is 1. The first-order chi connectivity index (χ1) is 6.59. The Bertz CT molecular complexity index is 288. The predicted molar refractivity (Wildman–Crippen MR) is 59.5 cm³/mol. The van der Waals surface area contributed by atoms with E-state index < -0.39 is 0 Å². The fourth-order valence-corrected chi connectivity index (χ4v) is 1.08. The molecule has 1 aromatic rings. The van der Waals surface area contributed by atoms with Crippen LogP contribution in [-0.4, -0.2) is 16.5 Å². The molecule has 3 nitrogen and oxygen atoms in total. The van der Waals surface area contributed by atoms with Crippen LogP contribution in [0.2, 0.25) is 5.15 Å². The highest BCUT2D eigenvalue weighted by atomic mass is 35.5. The average molecular weight is 214 g/mol. The van der Waals surface area contributed by atoms with Gasteiger partial charge in [-0.15, -0.1) is 0 Å². The number of aromatic nitrogens is 2. The molecule has 78 valence electrons. The molecule has 1 rings (SSSR count). The highest BCUT2D eigenvalue weighted by molar-refractivity contribution is 6.29. The number of hydrogen-bond acceptors (Lipinski definition) is 3. The number of anilines is 1. The summed E-state index contributed by atoms with van der Waals surface area (Å²) in [6.45, 7) is 7.51. The molecule has 0 amide bonds. The lowest BCUT2D eigenvalue weighted by molar-refractivity contribution is 0.439. The maximum atomic E-state index is 5.71. The minimum atomic E-state index is 0.423. The van der Waals surface area contributed by atoms with Crippen molar-refractivity contribution < 1.29 is 0 Å². The van der Waals surface area contributed by atoms with Gasteiger partial charge in [-0.1, -0.05) is 32.4 Å². The van der Waals surface area contributed by atoms with Crippen molar-refractivity contribution in [3.05, 3.63) is 17.5 Å². The van der Waals surface area contributed by atoms with E-state index in [0.29, 0.717) is 17.0 Å². The normalized spacial score (nSPS) is 12.9. The highest BCUT2D eigenvalue weighted by Crippen LogP contribution is 2.11. The predicted octanol–water partition coefficient (Wildman–Crippen LogP) is 2.83. The van der Waals surface area contributed by atoms with Gasteiger partial charge in [0.15, 0.2) is 0 Å². The second-order valence-electron chi connectivity index (χ2n) is 3.83. The summed E-state index contributed by atoms with van der Waals surface area (Å²) in [7, 11) is 0. The molecule has 0 saturated heterocycles. The Morgan fingerprint density at radius 3 is 2.64 bits per heavy atom. The van der Waals surface area contributed by atoms with Crippen LogP contribution in [0.4, 0.5) is 5.82 Å². The molecular formula is C10H16ClN3. The molecule has 0 aliphatic rings. The van der Waals surface area contributed by atoms with Crippen LogP contribution in [0.1, 0.15) is 20.8 Å². The van der Waals surface area contributed by atoms with E-state index in [4.69, 9.17) is 11.6 Å². The van der Waals surface area contributed by atoms with E-state index in [1.54, 1.807) is 6.20 Å². The van der Waals surface area contributed by atoms with Crippen molar-refractivity contribution in [2.45, 2.75) is 20.8 Å². The van der Waals surface area contributed by atoms with Gasteiger partial charge in [-0.3, -0.25) is 4.98 Å². The molecule has 0 aliphatic heterocycles.